The van der Waals surface area contributed by atoms with E-state index < -0.39 is 0 Å². The third-order valence-corrected chi connectivity index (χ3v) is 3.65. The highest BCUT2D eigenvalue weighted by atomic mass is 16.5. The number of nitrogens with zero attached hydrogens (tertiary/aromatic N) is 1. The summed E-state index contributed by atoms with van der Waals surface area (Å²) in [6.07, 6.45) is 8.09. The van der Waals surface area contributed by atoms with Gasteiger partial charge in [-0.2, -0.15) is 0 Å². The molecule has 0 spiro atoms. The van der Waals surface area contributed by atoms with Gasteiger partial charge in [-0.25, -0.2) is 4.79 Å². The lowest BCUT2D eigenvalue weighted by Gasteiger charge is -2.26. The summed E-state index contributed by atoms with van der Waals surface area (Å²) >= 11 is 0. The first kappa shape index (κ1) is 14.2. The molecule has 0 amide bonds. The van der Waals surface area contributed by atoms with E-state index in [1.807, 2.05) is 13.0 Å². The molecule has 0 heterocycles. The summed E-state index contributed by atoms with van der Waals surface area (Å²) in [6.45, 7) is 6.11. The number of ether oxygens (including phenoxy) is 1. The lowest BCUT2D eigenvalue weighted by molar-refractivity contribution is -0.136. The fourth-order valence-electron chi connectivity index (χ4n) is 2.54. The number of carbonyl (C=O) groups is 1. The third-order valence-electron chi connectivity index (χ3n) is 3.65. The molecule has 0 aromatic carbocycles. The van der Waals surface area contributed by atoms with E-state index in [1.165, 1.54) is 32.8 Å². The van der Waals surface area contributed by atoms with Crippen molar-refractivity contribution in [1.82, 2.24) is 4.90 Å². The van der Waals surface area contributed by atoms with E-state index in [9.17, 15) is 4.79 Å². The van der Waals surface area contributed by atoms with Gasteiger partial charge in [-0.05, 0) is 25.8 Å². The lowest BCUT2D eigenvalue weighted by atomic mass is 10.1. The van der Waals surface area contributed by atoms with Gasteiger partial charge in [0.05, 0.1) is 7.11 Å². The first-order chi connectivity index (χ1) is 8.22. The maximum atomic E-state index is 11.5. The van der Waals surface area contributed by atoms with Crippen LogP contribution in [0.15, 0.2) is 11.6 Å². The molecule has 0 aliphatic heterocycles. The molecule has 0 aromatic rings. The minimum atomic E-state index is -0.185. The van der Waals surface area contributed by atoms with Crippen LogP contribution in [0.3, 0.4) is 0 Å². The zero-order valence-corrected chi connectivity index (χ0v) is 11.4. The normalized spacial score (nSPS) is 17.8. The average molecular weight is 239 g/mol. The number of esters is 1. The van der Waals surface area contributed by atoms with Gasteiger partial charge in [0, 0.05) is 18.2 Å². The van der Waals surface area contributed by atoms with E-state index in [-0.39, 0.29) is 5.97 Å². The van der Waals surface area contributed by atoms with Crippen LogP contribution in [0.4, 0.5) is 0 Å². The van der Waals surface area contributed by atoms with Crippen molar-refractivity contribution in [3.63, 3.8) is 0 Å². The zero-order valence-electron chi connectivity index (χ0n) is 11.4. The van der Waals surface area contributed by atoms with Crippen molar-refractivity contribution >= 4 is 5.97 Å². The molecule has 0 atom stereocenters. The van der Waals surface area contributed by atoms with E-state index in [0.717, 1.165) is 25.1 Å². The van der Waals surface area contributed by atoms with Gasteiger partial charge >= 0.3 is 5.97 Å². The van der Waals surface area contributed by atoms with Gasteiger partial charge in [0.1, 0.15) is 0 Å². The molecule has 17 heavy (non-hydrogen) atoms. The summed E-state index contributed by atoms with van der Waals surface area (Å²) in [5, 5.41) is 0. The van der Waals surface area contributed by atoms with Gasteiger partial charge in [-0.15, -0.1) is 0 Å². The molecule has 98 valence electrons. The molecule has 1 saturated carbocycles. The average Bonchev–Trinajstić information content (AvgIpc) is 2.87. The van der Waals surface area contributed by atoms with Gasteiger partial charge in [0.2, 0.25) is 0 Å². The second-order valence-corrected chi connectivity index (χ2v) is 4.60. The number of carbonyl (C=O) groups excluding carboxylic acids is 1. The smallest absolute Gasteiger partial charge is 0.333 e. The Morgan fingerprint density at radius 1 is 1.35 bits per heavy atom. The van der Waals surface area contributed by atoms with Gasteiger partial charge < -0.3 is 4.74 Å². The first-order valence-corrected chi connectivity index (χ1v) is 6.74. The van der Waals surface area contributed by atoms with Crippen molar-refractivity contribution in [1.29, 1.82) is 0 Å². The van der Waals surface area contributed by atoms with Crippen LogP contribution < -0.4 is 0 Å². The topological polar surface area (TPSA) is 29.5 Å². The molecule has 0 N–H and O–H groups in total. The van der Waals surface area contributed by atoms with Gasteiger partial charge in [-0.3, -0.25) is 4.90 Å². The Balaban J connectivity index is 2.54. The number of likely N-dealkylation sites (N-methyl/N-ethyl adjacent to an activating group) is 1. The monoisotopic (exact) mass is 239 g/mol. The summed E-state index contributed by atoms with van der Waals surface area (Å²) in [6, 6.07) is 0.715. The van der Waals surface area contributed by atoms with E-state index >= 15 is 0 Å². The van der Waals surface area contributed by atoms with Crippen LogP contribution in [0.1, 0.15) is 46.0 Å². The summed E-state index contributed by atoms with van der Waals surface area (Å²) in [5.74, 6) is -0.185. The molecule has 3 nitrogen and oxygen atoms in total. The second kappa shape index (κ2) is 7.49. The van der Waals surface area contributed by atoms with Crippen LogP contribution in [0, 0.1) is 0 Å². The van der Waals surface area contributed by atoms with Crippen molar-refractivity contribution in [2.45, 2.75) is 52.0 Å². The van der Waals surface area contributed by atoms with Crippen molar-refractivity contribution in [2.75, 3.05) is 20.2 Å². The molecule has 0 saturated heterocycles. The van der Waals surface area contributed by atoms with Crippen LogP contribution in [0.25, 0.3) is 0 Å². The first-order valence-electron chi connectivity index (χ1n) is 6.74. The maximum Gasteiger partial charge on any atom is 0.333 e. The Kier molecular flexibility index (Phi) is 6.27. The SMILES string of the molecule is CCC(=CCN(CC)C1CCCC1)C(=O)OC. The molecule has 0 aromatic heterocycles. The summed E-state index contributed by atoms with van der Waals surface area (Å²) in [4.78, 5) is 13.9. The Bertz CT molecular complexity index is 267. The highest BCUT2D eigenvalue weighted by Crippen LogP contribution is 2.23. The predicted octanol–water partition coefficient (Wildman–Crippen LogP) is 2.76. The molecule has 0 bridgehead atoms. The molecule has 1 fully saturated rings. The molecule has 1 aliphatic carbocycles. The number of rotatable bonds is 6. The standard InChI is InChI=1S/C14H25NO2/c1-4-12(14(16)17-3)10-11-15(5-2)13-8-6-7-9-13/h10,13H,4-9,11H2,1-3H3. The lowest BCUT2D eigenvalue weighted by Crippen LogP contribution is -2.33. The molecule has 0 radical (unpaired) electrons. The van der Waals surface area contributed by atoms with Gasteiger partial charge in [0.15, 0.2) is 0 Å². The number of hydrogen-bond acceptors (Lipinski definition) is 3. The highest BCUT2D eigenvalue weighted by molar-refractivity contribution is 5.88. The Morgan fingerprint density at radius 3 is 2.47 bits per heavy atom. The quantitative estimate of drug-likeness (QED) is 0.527. The molecule has 1 aliphatic rings. The fourth-order valence-corrected chi connectivity index (χ4v) is 2.54. The highest BCUT2D eigenvalue weighted by Gasteiger charge is 2.20. The third kappa shape index (κ3) is 4.15. The van der Waals surface area contributed by atoms with E-state index in [0.29, 0.717) is 6.04 Å². The van der Waals surface area contributed by atoms with Crippen molar-refractivity contribution in [3.8, 4) is 0 Å². The van der Waals surface area contributed by atoms with Gasteiger partial charge in [-0.1, -0.05) is 32.8 Å². The number of hydrogen-bond donors (Lipinski definition) is 0. The van der Waals surface area contributed by atoms with E-state index in [1.54, 1.807) is 0 Å². The predicted molar refractivity (Wildman–Crippen MR) is 69.9 cm³/mol. The second-order valence-electron chi connectivity index (χ2n) is 4.60. The zero-order chi connectivity index (χ0) is 12.7. The molecular weight excluding hydrogens is 214 g/mol. The Morgan fingerprint density at radius 2 is 2.00 bits per heavy atom. The Hall–Kier alpha value is -0.830. The summed E-state index contributed by atoms with van der Waals surface area (Å²) in [7, 11) is 1.44. The van der Waals surface area contributed by atoms with Crippen LogP contribution >= 0.6 is 0 Å². The van der Waals surface area contributed by atoms with Crippen LogP contribution in [-0.2, 0) is 9.53 Å². The minimum Gasteiger partial charge on any atom is -0.466 e. The van der Waals surface area contributed by atoms with E-state index in [2.05, 4.69) is 11.8 Å². The van der Waals surface area contributed by atoms with Crippen molar-refractivity contribution in [2.24, 2.45) is 0 Å². The maximum absolute atomic E-state index is 11.5. The van der Waals surface area contributed by atoms with Crippen LogP contribution in [0.2, 0.25) is 0 Å². The molecular formula is C14H25NO2. The largest absolute Gasteiger partial charge is 0.466 e. The molecule has 3 heteroatoms. The van der Waals surface area contributed by atoms with Crippen molar-refractivity contribution < 1.29 is 9.53 Å². The van der Waals surface area contributed by atoms with Gasteiger partial charge in [0.25, 0.3) is 0 Å². The van der Waals surface area contributed by atoms with Crippen LogP contribution in [0.5, 0.6) is 0 Å². The summed E-state index contributed by atoms with van der Waals surface area (Å²) < 4.78 is 4.77. The molecule has 0 unspecified atom stereocenters. The van der Waals surface area contributed by atoms with Crippen molar-refractivity contribution in [3.05, 3.63) is 11.6 Å². The van der Waals surface area contributed by atoms with Crippen LogP contribution in [-0.4, -0.2) is 37.1 Å². The molecule has 1 rings (SSSR count). The van der Waals surface area contributed by atoms with E-state index in [4.69, 9.17) is 4.74 Å². The Labute approximate surface area is 105 Å². The summed E-state index contributed by atoms with van der Waals surface area (Å²) in [5.41, 5.74) is 0.795. The fraction of sp³-hybridized carbons (Fsp3) is 0.786. The number of methoxy groups -OCH3 is 1. The minimum absolute atomic E-state index is 0.185.